The summed E-state index contributed by atoms with van der Waals surface area (Å²) in [4.78, 5) is 37.0. The maximum atomic E-state index is 12.8. The zero-order valence-corrected chi connectivity index (χ0v) is 21.2. The third kappa shape index (κ3) is 11.2. The minimum Gasteiger partial charge on any atom is -0.460 e. The molecule has 0 aromatic carbocycles. The van der Waals surface area contributed by atoms with Gasteiger partial charge in [0.25, 0.3) is 5.91 Å². The van der Waals surface area contributed by atoms with Crippen LogP contribution in [0.25, 0.3) is 0 Å². The fraction of sp³-hybridized carbons (Fsp3) is 0.842. The highest BCUT2D eigenvalue weighted by molar-refractivity contribution is 6.67. The van der Waals surface area contributed by atoms with Crippen LogP contribution in [0.2, 0.25) is 0 Å². The number of aliphatic hydroxyl groups is 1. The van der Waals surface area contributed by atoms with Gasteiger partial charge in [-0.25, -0.2) is 10.2 Å². The molecule has 1 heterocycles. The first-order chi connectivity index (χ1) is 14.6. The third-order valence-corrected chi connectivity index (χ3v) is 4.74. The highest BCUT2D eigenvalue weighted by Crippen LogP contribution is 2.26. The standard InChI is InChI=1S/C19H33Cl3N4O6/c1-11(23-9-14(12(2)27)24-17(30)32-18(3,4)5)15(28)26-8-6-7-13(25-26)16(29)31-10-19(20,21)22/h11-14,23,25,27H,6-10H2,1-5H3,(H,24,30). The molecule has 0 aliphatic carbocycles. The molecule has 0 bridgehead atoms. The van der Waals surface area contributed by atoms with E-state index in [9.17, 15) is 19.5 Å². The number of hydrogen-bond acceptors (Lipinski definition) is 8. The molecule has 1 saturated heterocycles. The lowest BCUT2D eigenvalue weighted by Crippen LogP contribution is -2.60. The molecule has 0 radical (unpaired) electrons. The molecular formula is C19H33Cl3N4O6. The van der Waals surface area contributed by atoms with Crippen LogP contribution < -0.4 is 16.1 Å². The number of esters is 1. The Labute approximate surface area is 203 Å². The predicted molar refractivity (Wildman–Crippen MR) is 121 cm³/mol. The van der Waals surface area contributed by atoms with Gasteiger partial charge in [0.1, 0.15) is 18.2 Å². The van der Waals surface area contributed by atoms with E-state index in [-0.39, 0.29) is 12.5 Å². The molecule has 1 rings (SSSR count). The third-order valence-electron chi connectivity index (χ3n) is 4.41. The monoisotopic (exact) mass is 518 g/mol. The van der Waals surface area contributed by atoms with Crippen molar-refractivity contribution in [2.45, 2.75) is 81.1 Å². The van der Waals surface area contributed by atoms with Crippen LogP contribution >= 0.6 is 34.8 Å². The summed E-state index contributed by atoms with van der Waals surface area (Å²) in [7, 11) is 0. The predicted octanol–water partition coefficient (Wildman–Crippen LogP) is 1.65. The van der Waals surface area contributed by atoms with Crippen molar-refractivity contribution in [3.05, 3.63) is 0 Å². The Morgan fingerprint density at radius 2 is 1.84 bits per heavy atom. The second kappa shape index (κ2) is 12.4. The van der Waals surface area contributed by atoms with E-state index in [1.807, 2.05) is 0 Å². The van der Waals surface area contributed by atoms with Crippen LogP contribution in [0.1, 0.15) is 47.5 Å². The fourth-order valence-electron chi connectivity index (χ4n) is 2.79. The summed E-state index contributed by atoms with van der Waals surface area (Å²) in [5.74, 6) is -0.935. The van der Waals surface area contributed by atoms with Crippen LogP contribution in [-0.2, 0) is 19.1 Å². The molecule has 1 aliphatic heterocycles. The quantitative estimate of drug-likeness (QED) is 0.281. The zero-order valence-electron chi connectivity index (χ0n) is 18.9. The molecule has 2 amide bonds. The summed E-state index contributed by atoms with van der Waals surface area (Å²) in [6.45, 7) is 8.48. The van der Waals surface area contributed by atoms with Crippen molar-refractivity contribution in [1.29, 1.82) is 0 Å². The highest BCUT2D eigenvalue weighted by atomic mass is 35.6. The lowest BCUT2D eigenvalue weighted by Gasteiger charge is -2.35. The fourth-order valence-corrected chi connectivity index (χ4v) is 2.96. The molecule has 4 unspecified atom stereocenters. The lowest BCUT2D eigenvalue weighted by molar-refractivity contribution is -0.152. The topological polar surface area (TPSA) is 129 Å². The van der Waals surface area contributed by atoms with Gasteiger partial charge >= 0.3 is 12.1 Å². The Kier molecular flexibility index (Phi) is 11.3. The van der Waals surface area contributed by atoms with Gasteiger partial charge in [-0.1, -0.05) is 34.8 Å². The Balaban J connectivity index is 2.58. The number of carbonyl (C=O) groups excluding carboxylic acids is 3. The number of hydrazine groups is 1. The number of rotatable bonds is 8. The van der Waals surface area contributed by atoms with E-state index in [2.05, 4.69) is 16.1 Å². The minimum atomic E-state index is -1.72. The first-order valence-electron chi connectivity index (χ1n) is 10.3. The number of ether oxygens (including phenoxy) is 2. The van der Waals surface area contributed by atoms with Gasteiger partial charge in [-0.15, -0.1) is 0 Å². The van der Waals surface area contributed by atoms with Gasteiger partial charge < -0.3 is 25.2 Å². The first kappa shape index (κ1) is 29.0. The molecule has 0 aromatic heterocycles. The lowest BCUT2D eigenvalue weighted by atomic mass is 10.1. The number of nitrogens with zero attached hydrogens (tertiary/aromatic N) is 1. The second-order valence-electron chi connectivity index (χ2n) is 8.66. The smallest absolute Gasteiger partial charge is 0.408 e. The van der Waals surface area contributed by atoms with Gasteiger partial charge in [-0.05, 0) is 47.5 Å². The van der Waals surface area contributed by atoms with Crippen LogP contribution in [0.15, 0.2) is 0 Å². The van der Waals surface area contributed by atoms with E-state index in [1.54, 1.807) is 27.7 Å². The molecule has 4 atom stereocenters. The highest BCUT2D eigenvalue weighted by Gasteiger charge is 2.33. The van der Waals surface area contributed by atoms with Gasteiger partial charge in [0.2, 0.25) is 3.79 Å². The summed E-state index contributed by atoms with van der Waals surface area (Å²) < 4.78 is 8.46. The zero-order chi connectivity index (χ0) is 24.7. The molecule has 13 heteroatoms. The maximum Gasteiger partial charge on any atom is 0.408 e. The molecule has 0 aromatic rings. The Bertz CT molecular complexity index is 654. The average Bonchev–Trinajstić information content (AvgIpc) is 2.66. The summed E-state index contributed by atoms with van der Waals surface area (Å²) in [5, 5.41) is 16.9. The SMILES string of the molecule is CC(NCC(NC(=O)OC(C)(C)C)C(C)O)C(=O)N1CCCC(C(=O)OCC(Cl)(Cl)Cl)N1. The second-order valence-corrected chi connectivity index (χ2v) is 11.2. The summed E-state index contributed by atoms with van der Waals surface area (Å²) in [6.07, 6.45) is -0.510. The number of hydrogen-bond donors (Lipinski definition) is 4. The maximum absolute atomic E-state index is 12.8. The van der Waals surface area contributed by atoms with E-state index in [0.29, 0.717) is 19.4 Å². The number of amides is 2. The molecular weight excluding hydrogens is 487 g/mol. The number of alkyl halides is 3. The van der Waals surface area contributed by atoms with Crippen molar-refractivity contribution < 1.29 is 29.0 Å². The van der Waals surface area contributed by atoms with E-state index in [0.717, 1.165) is 0 Å². The molecule has 1 aliphatic rings. The molecule has 4 N–H and O–H groups in total. The molecule has 0 saturated carbocycles. The van der Waals surface area contributed by atoms with Crippen molar-refractivity contribution in [3.8, 4) is 0 Å². The Morgan fingerprint density at radius 3 is 2.38 bits per heavy atom. The number of halogens is 3. The molecule has 10 nitrogen and oxygen atoms in total. The van der Waals surface area contributed by atoms with E-state index in [1.165, 1.54) is 11.9 Å². The molecule has 32 heavy (non-hydrogen) atoms. The minimum absolute atomic E-state index is 0.117. The van der Waals surface area contributed by atoms with Crippen molar-refractivity contribution in [2.24, 2.45) is 0 Å². The molecule has 186 valence electrons. The van der Waals surface area contributed by atoms with Crippen molar-refractivity contribution >= 4 is 52.8 Å². The number of nitrogens with one attached hydrogen (secondary N) is 3. The average molecular weight is 520 g/mol. The largest absolute Gasteiger partial charge is 0.460 e. The van der Waals surface area contributed by atoms with E-state index < -0.39 is 52.3 Å². The van der Waals surface area contributed by atoms with Crippen LogP contribution in [-0.4, -0.2) is 81.4 Å². The molecule has 0 spiro atoms. The summed E-state index contributed by atoms with van der Waals surface area (Å²) in [6, 6.07) is -2.09. The number of carbonyl (C=O) groups is 3. The normalized spacial score (nSPS) is 20.2. The van der Waals surface area contributed by atoms with Crippen molar-refractivity contribution in [1.82, 2.24) is 21.1 Å². The van der Waals surface area contributed by atoms with Gasteiger partial charge in [0, 0.05) is 13.1 Å². The summed E-state index contributed by atoms with van der Waals surface area (Å²) >= 11 is 16.8. The first-order valence-corrected chi connectivity index (χ1v) is 11.4. The number of alkyl carbamates (subject to hydrolysis) is 1. The van der Waals surface area contributed by atoms with Gasteiger partial charge in [-0.2, -0.15) is 0 Å². The van der Waals surface area contributed by atoms with Gasteiger partial charge in [-0.3, -0.25) is 14.6 Å². The van der Waals surface area contributed by atoms with E-state index >= 15 is 0 Å². The summed E-state index contributed by atoms with van der Waals surface area (Å²) in [5.41, 5.74) is 2.16. The van der Waals surface area contributed by atoms with Gasteiger partial charge in [0.05, 0.1) is 18.2 Å². The van der Waals surface area contributed by atoms with Crippen molar-refractivity contribution in [3.63, 3.8) is 0 Å². The Morgan fingerprint density at radius 1 is 1.22 bits per heavy atom. The van der Waals surface area contributed by atoms with Crippen molar-refractivity contribution in [2.75, 3.05) is 19.7 Å². The van der Waals surface area contributed by atoms with Crippen LogP contribution in [0.5, 0.6) is 0 Å². The van der Waals surface area contributed by atoms with Gasteiger partial charge in [0.15, 0.2) is 0 Å². The van der Waals surface area contributed by atoms with Crippen LogP contribution in [0.4, 0.5) is 4.79 Å². The van der Waals surface area contributed by atoms with Crippen LogP contribution in [0.3, 0.4) is 0 Å². The van der Waals surface area contributed by atoms with Crippen LogP contribution in [0, 0.1) is 0 Å². The Hall–Kier alpha value is -1.04. The van der Waals surface area contributed by atoms with E-state index in [4.69, 9.17) is 44.3 Å². The number of aliphatic hydroxyl groups excluding tert-OH is 1. The molecule has 1 fully saturated rings.